The van der Waals surface area contributed by atoms with Crippen LogP contribution < -0.4 is 0 Å². The summed E-state index contributed by atoms with van der Waals surface area (Å²) in [5.41, 5.74) is 1.10. The lowest BCUT2D eigenvalue weighted by Crippen LogP contribution is -2.13. The molecule has 0 amide bonds. The number of aliphatic hydroxyl groups is 1. The van der Waals surface area contributed by atoms with Crippen molar-refractivity contribution in [1.29, 1.82) is 0 Å². The highest BCUT2D eigenvalue weighted by atomic mass is 32.2. The van der Waals surface area contributed by atoms with Gasteiger partial charge in [0.2, 0.25) is 0 Å². The first kappa shape index (κ1) is 9.55. The van der Waals surface area contributed by atoms with Gasteiger partial charge in [-0.15, -0.1) is 0 Å². The molecule has 0 aromatic carbocycles. The van der Waals surface area contributed by atoms with E-state index in [-0.39, 0.29) is 6.10 Å². The molecule has 1 heterocycles. The number of aromatic nitrogens is 1. The van der Waals surface area contributed by atoms with Gasteiger partial charge in [0.15, 0.2) is 0 Å². The van der Waals surface area contributed by atoms with Crippen LogP contribution in [0.1, 0.15) is 5.56 Å². The standard InChI is InChI=1S/C9H13NOS/c1-12-7-9(11)5-8-3-2-4-10-6-8/h2-4,6,9,11H,5,7H2,1H3. The number of aliphatic hydroxyl groups excluding tert-OH is 1. The van der Waals surface area contributed by atoms with Crippen molar-refractivity contribution in [2.24, 2.45) is 0 Å². The second kappa shape index (κ2) is 5.17. The van der Waals surface area contributed by atoms with Crippen LogP contribution in [0.5, 0.6) is 0 Å². The molecule has 1 rings (SSSR count). The van der Waals surface area contributed by atoms with Gasteiger partial charge in [-0.3, -0.25) is 4.98 Å². The summed E-state index contributed by atoms with van der Waals surface area (Å²) in [6, 6.07) is 3.87. The predicted octanol–water partition coefficient (Wildman–Crippen LogP) is 1.35. The van der Waals surface area contributed by atoms with E-state index in [0.717, 1.165) is 11.3 Å². The van der Waals surface area contributed by atoms with Gasteiger partial charge in [-0.25, -0.2) is 0 Å². The number of thioether (sulfide) groups is 1. The van der Waals surface area contributed by atoms with Crippen LogP contribution in [0.25, 0.3) is 0 Å². The molecule has 12 heavy (non-hydrogen) atoms. The fourth-order valence-electron chi connectivity index (χ4n) is 1.04. The predicted molar refractivity (Wildman–Crippen MR) is 52.3 cm³/mol. The van der Waals surface area contributed by atoms with Crippen LogP contribution in [0.4, 0.5) is 0 Å². The zero-order valence-corrected chi connectivity index (χ0v) is 7.92. The molecule has 0 bridgehead atoms. The highest BCUT2D eigenvalue weighted by molar-refractivity contribution is 7.98. The minimum absolute atomic E-state index is 0.246. The Hall–Kier alpha value is -0.540. The van der Waals surface area contributed by atoms with Crippen LogP contribution in [0.3, 0.4) is 0 Å². The van der Waals surface area contributed by atoms with Gasteiger partial charge in [-0.05, 0) is 17.9 Å². The Balaban J connectivity index is 2.41. The second-order valence-corrected chi connectivity index (χ2v) is 3.59. The largest absolute Gasteiger partial charge is 0.392 e. The van der Waals surface area contributed by atoms with E-state index >= 15 is 0 Å². The van der Waals surface area contributed by atoms with Crippen molar-refractivity contribution in [3.8, 4) is 0 Å². The summed E-state index contributed by atoms with van der Waals surface area (Å²) >= 11 is 1.66. The normalized spacial score (nSPS) is 12.8. The molecule has 0 saturated carbocycles. The van der Waals surface area contributed by atoms with E-state index in [2.05, 4.69) is 4.98 Å². The van der Waals surface area contributed by atoms with Crippen molar-refractivity contribution in [3.63, 3.8) is 0 Å². The van der Waals surface area contributed by atoms with Crippen LogP contribution in [-0.2, 0) is 6.42 Å². The van der Waals surface area contributed by atoms with Crippen LogP contribution in [-0.4, -0.2) is 28.2 Å². The van der Waals surface area contributed by atoms with Crippen LogP contribution in [0.15, 0.2) is 24.5 Å². The molecule has 1 atom stereocenters. The van der Waals surface area contributed by atoms with E-state index in [9.17, 15) is 5.11 Å². The molecule has 1 aromatic rings. The summed E-state index contributed by atoms with van der Waals surface area (Å²) in [5.74, 6) is 0.787. The third kappa shape index (κ3) is 3.24. The lowest BCUT2D eigenvalue weighted by atomic mass is 10.1. The number of pyridine rings is 1. The highest BCUT2D eigenvalue weighted by Crippen LogP contribution is 2.05. The maximum atomic E-state index is 9.45. The molecule has 1 aromatic heterocycles. The zero-order chi connectivity index (χ0) is 8.81. The van der Waals surface area contributed by atoms with E-state index < -0.39 is 0 Å². The topological polar surface area (TPSA) is 33.1 Å². The Labute approximate surface area is 77.0 Å². The van der Waals surface area contributed by atoms with Gasteiger partial charge in [0, 0.05) is 24.6 Å². The third-order valence-electron chi connectivity index (χ3n) is 1.55. The summed E-state index contributed by atoms with van der Waals surface area (Å²) in [5, 5.41) is 9.45. The molecule has 0 aliphatic rings. The fourth-order valence-corrected chi connectivity index (χ4v) is 1.54. The Kier molecular flexibility index (Phi) is 4.11. The molecule has 2 nitrogen and oxygen atoms in total. The van der Waals surface area contributed by atoms with Gasteiger partial charge in [-0.2, -0.15) is 11.8 Å². The lowest BCUT2D eigenvalue weighted by molar-refractivity contribution is 0.200. The van der Waals surface area contributed by atoms with Crippen molar-refractivity contribution >= 4 is 11.8 Å². The number of hydrogen-bond acceptors (Lipinski definition) is 3. The van der Waals surface area contributed by atoms with Crippen molar-refractivity contribution < 1.29 is 5.11 Å². The molecule has 1 unspecified atom stereocenters. The van der Waals surface area contributed by atoms with E-state index in [0.29, 0.717) is 6.42 Å². The maximum absolute atomic E-state index is 9.45. The number of hydrogen-bond donors (Lipinski definition) is 1. The van der Waals surface area contributed by atoms with Crippen LogP contribution in [0.2, 0.25) is 0 Å². The Morgan fingerprint density at radius 1 is 1.67 bits per heavy atom. The number of nitrogens with zero attached hydrogens (tertiary/aromatic N) is 1. The van der Waals surface area contributed by atoms with Gasteiger partial charge < -0.3 is 5.11 Å². The van der Waals surface area contributed by atoms with Gasteiger partial charge >= 0.3 is 0 Å². The first-order valence-electron chi connectivity index (χ1n) is 3.89. The summed E-state index contributed by atoms with van der Waals surface area (Å²) in [6.07, 6.45) is 5.99. The molecule has 0 aliphatic carbocycles. The minimum Gasteiger partial charge on any atom is -0.392 e. The van der Waals surface area contributed by atoms with Gasteiger partial charge in [0.1, 0.15) is 0 Å². The Morgan fingerprint density at radius 3 is 3.08 bits per heavy atom. The van der Waals surface area contributed by atoms with E-state index in [1.165, 1.54) is 0 Å². The zero-order valence-electron chi connectivity index (χ0n) is 7.10. The van der Waals surface area contributed by atoms with Crippen molar-refractivity contribution in [2.45, 2.75) is 12.5 Å². The number of rotatable bonds is 4. The van der Waals surface area contributed by atoms with E-state index in [1.807, 2.05) is 18.4 Å². The molecule has 0 fully saturated rings. The highest BCUT2D eigenvalue weighted by Gasteiger charge is 2.03. The first-order valence-corrected chi connectivity index (χ1v) is 5.28. The summed E-state index contributed by atoms with van der Waals surface area (Å²) < 4.78 is 0. The monoisotopic (exact) mass is 183 g/mol. The van der Waals surface area contributed by atoms with Gasteiger partial charge in [0.05, 0.1) is 6.10 Å². The van der Waals surface area contributed by atoms with Crippen molar-refractivity contribution in [1.82, 2.24) is 4.98 Å². The maximum Gasteiger partial charge on any atom is 0.0671 e. The van der Waals surface area contributed by atoms with Crippen LogP contribution >= 0.6 is 11.8 Å². The van der Waals surface area contributed by atoms with Crippen molar-refractivity contribution in [3.05, 3.63) is 30.1 Å². The average molecular weight is 183 g/mol. The summed E-state index contributed by atoms with van der Waals surface area (Å²) in [7, 11) is 0. The van der Waals surface area contributed by atoms with Crippen LogP contribution in [0, 0.1) is 0 Å². The molecule has 0 spiro atoms. The lowest BCUT2D eigenvalue weighted by Gasteiger charge is -2.07. The quantitative estimate of drug-likeness (QED) is 0.765. The molecular formula is C9H13NOS. The molecule has 0 radical (unpaired) electrons. The summed E-state index contributed by atoms with van der Waals surface area (Å²) in [4.78, 5) is 3.98. The Morgan fingerprint density at radius 2 is 2.50 bits per heavy atom. The van der Waals surface area contributed by atoms with Gasteiger partial charge in [-0.1, -0.05) is 6.07 Å². The summed E-state index contributed by atoms with van der Waals surface area (Å²) in [6.45, 7) is 0. The van der Waals surface area contributed by atoms with E-state index in [4.69, 9.17) is 0 Å². The Bertz CT molecular complexity index is 215. The second-order valence-electron chi connectivity index (χ2n) is 2.67. The molecule has 0 aliphatic heterocycles. The fraction of sp³-hybridized carbons (Fsp3) is 0.444. The van der Waals surface area contributed by atoms with Gasteiger partial charge in [0.25, 0.3) is 0 Å². The first-order chi connectivity index (χ1) is 5.83. The average Bonchev–Trinajstić information content (AvgIpc) is 2.06. The molecule has 0 saturated heterocycles. The molecule has 66 valence electrons. The molecule has 3 heteroatoms. The smallest absolute Gasteiger partial charge is 0.0671 e. The SMILES string of the molecule is CSCC(O)Cc1cccnc1. The molecule has 1 N–H and O–H groups in total. The van der Waals surface area contributed by atoms with E-state index in [1.54, 1.807) is 24.2 Å². The molecular weight excluding hydrogens is 170 g/mol. The van der Waals surface area contributed by atoms with Crippen molar-refractivity contribution in [2.75, 3.05) is 12.0 Å². The third-order valence-corrected chi connectivity index (χ3v) is 2.27. The minimum atomic E-state index is -0.246.